The van der Waals surface area contributed by atoms with E-state index in [4.69, 9.17) is 4.74 Å². The monoisotopic (exact) mass is 310 g/mol. The van der Waals surface area contributed by atoms with E-state index < -0.39 is 12.0 Å². The Kier molecular flexibility index (Phi) is 4.14. The number of allylic oxidation sites excluding steroid dienone is 4. The molecule has 118 valence electrons. The van der Waals surface area contributed by atoms with Gasteiger partial charge in [-0.2, -0.15) is 0 Å². The van der Waals surface area contributed by atoms with Crippen LogP contribution in [0.3, 0.4) is 0 Å². The minimum absolute atomic E-state index is 0.257. The number of fused-ring (bicyclic) bond motifs is 1. The zero-order valence-corrected chi connectivity index (χ0v) is 12.4. The van der Waals surface area contributed by atoms with Crippen molar-refractivity contribution < 1.29 is 14.6 Å². The highest BCUT2D eigenvalue weighted by Crippen LogP contribution is 2.41. The summed E-state index contributed by atoms with van der Waals surface area (Å²) in [5.41, 5.74) is 0.463. The molecule has 5 nitrogen and oxygen atoms in total. The van der Waals surface area contributed by atoms with Crippen LogP contribution in [0, 0.1) is 10.6 Å². The fourth-order valence-corrected chi connectivity index (χ4v) is 2.63. The van der Waals surface area contributed by atoms with Gasteiger partial charge < -0.3 is 24.9 Å². The number of benzene rings is 1. The van der Waals surface area contributed by atoms with E-state index in [-0.39, 0.29) is 5.70 Å². The van der Waals surface area contributed by atoms with E-state index in [9.17, 15) is 15.1 Å². The van der Waals surface area contributed by atoms with E-state index in [1.165, 1.54) is 6.20 Å². The van der Waals surface area contributed by atoms with E-state index in [0.717, 1.165) is 5.56 Å². The maximum absolute atomic E-state index is 12.2. The summed E-state index contributed by atoms with van der Waals surface area (Å²) in [7, 11) is 0. The van der Waals surface area contributed by atoms with Crippen LogP contribution in [-0.4, -0.2) is 23.1 Å². The molecular weight excluding hydrogens is 294 g/mol. The van der Waals surface area contributed by atoms with Crippen molar-refractivity contribution in [1.29, 1.82) is 0 Å². The van der Waals surface area contributed by atoms with Crippen molar-refractivity contribution in [2.45, 2.75) is 6.61 Å². The second kappa shape index (κ2) is 6.24. The van der Waals surface area contributed by atoms with Crippen molar-refractivity contribution in [2.75, 3.05) is 6.61 Å². The fraction of sp³-hybridized carbons (Fsp3) is 0.167. The first-order valence-corrected chi connectivity index (χ1v) is 7.23. The Morgan fingerprint density at radius 3 is 2.78 bits per heavy atom. The zero-order valence-electron chi connectivity index (χ0n) is 12.4. The minimum Gasteiger partial charge on any atom is -0.754 e. The number of hydrogen-bond donors (Lipinski definition) is 1. The highest BCUT2D eigenvalue weighted by atomic mass is 16.5. The number of carbonyl (C=O) groups excluding carboxylic acids is 1. The quantitative estimate of drug-likeness (QED) is 0.846. The molecule has 0 aromatic heterocycles. The molecule has 0 spiro atoms. The molecule has 1 heterocycles. The van der Waals surface area contributed by atoms with Crippen LogP contribution in [0.5, 0.6) is 0 Å². The van der Waals surface area contributed by atoms with Gasteiger partial charge in [0.1, 0.15) is 18.7 Å². The van der Waals surface area contributed by atoms with Crippen molar-refractivity contribution in [2.24, 2.45) is 5.41 Å². The summed E-state index contributed by atoms with van der Waals surface area (Å²) >= 11 is 0. The molecule has 5 heteroatoms. The van der Waals surface area contributed by atoms with Crippen LogP contribution in [0.15, 0.2) is 77.9 Å². The van der Waals surface area contributed by atoms with E-state index in [0.29, 0.717) is 29.3 Å². The smallest absolute Gasteiger partial charge is 0.142 e. The topological polar surface area (TPSA) is 72.8 Å². The van der Waals surface area contributed by atoms with Crippen LogP contribution >= 0.6 is 0 Å². The van der Waals surface area contributed by atoms with Crippen LogP contribution in [0.2, 0.25) is 0 Å². The van der Waals surface area contributed by atoms with Crippen molar-refractivity contribution in [3.63, 3.8) is 0 Å². The molecule has 1 aliphatic heterocycles. The third kappa shape index (κ3) is 2.72. The second-order valence-electron chi connectivity index (χ2n) is 5.38. The van der Waals surface area contributed by atoms with Gasteiger partial charge in [-0.25, -0.2) is 0 Å². The van der Waals surface area contributed by atoms with Crippen LogP contribution in [-0.2, 0) is 16.1 Å². The Morgan fingerprint density at radius 1 is 1.30 bits per heavy atom. The summed E-state index contributed by atoms with van der Waals surface area (Å²) in [5, 5.41) is 22.5. The lowest BCUT2D eigenvalue weighted by atomic mass is 9.76. The van der Waals surface area contributed by atoms with Gasteiger partial charge in [0.05, 0.1) is 17.7 Å². The SMILES string of the molecule is O=CC1(CO)C=CC(OCc2ccccc2)=C2C1=CC=CN2[O-]. The highest BCUT2D eigenvalue weighted by Gasteiger charge is 2.38. The van der Waals surface area contributed by atoms with Crippen LogP contribution in [0.1, 0.15) is 5.56 Å². The van der Waals surface area contributed by atoms with Gasteiger partial charge >= 0.3 is 0 Å². The molecule has 0 saturated heterocycles. The van der Waals surface area contributed by atoms with Gasteiger partial charge in [0, 0.05) is 0 Å². The number of nitrogens with zero attached hydrogens (tertiary/aromatic N) is 1. The molecule has 0 fully saturated rings. The van der Waals surface area contributed by atoms with E-state index in [1.54, 1.807) is 24.3 Å². The summed E-state index contributed by atoms with van der Waals surface area (Å²) in [4.78, 5) is 11.5. The normalized spacial score (nSPS) is 22.7. The Labute approximate surface area is 134 Å². The third-order valence-electron chi connectivity index (χ3n) is 3.94. The average Bonchev–Trinajstić information content (AvgIpc) is 2.61. The second-order valence-corrected chi connectivity index (χ2v) is 5.38. The molecule has 0 radical (unpaired) electrons. The van der Waals surface area contributed by atoms with Gasteiger partial charge in [-0.1, -0.05) is 42.5 Å². The molecule has 0 saturated carbocycles. The van der Waals surface area contributed by atoms with Gasteiger partial charge in [-0.05, 0) is 29.5 Å². The van der Waals surface area contributed by atoms with E-state index >= 15 is 0 Å². The minimum atomic E-state index is -1.21. The molecule has 0 amide bonds. The van der Waals surface area contributed by atoms with Crippen molar-refractivity contribution in [3.8, 4) is 0 Å². The first-order chi connectivity index (χ1) is 11.2. The molecular formula is C18H16NO4-. The Balaban J connectivity index is 1.93. The Bertz CT molecular complexity index is 718. The molecule has 1 aromatic carbocycles. The maximum Gasteiger partial charge on any atom is 0.142 e. The summed E-state index contributed by atoms with van der Waals surface area (Å²) in [6.45, 7) is -0.0992. The number of carbonyl (C=O) groups is 1. The molecule has 1 unspecified atom stereocenters. The standard InChI is InChI=1S/C18H16NO4/c20-12-18(13-21)9-8-16(17-15(18)7-4-10-19(17)22)23-11-14-5-2-1-3-6-14/h1-10,12,21H,11,13H2/q-1. The number of hydroxylamine groups is 2. The average molecular weight is 310 g/mol. The Hall–Kier alpha value is -2.63. The van der Waals surface area contributed by atoms with Gasteiger partial charge in [0.15, 0.2) is 0 Å². The Morgan fingerprint density at radius 2 is 2.09 bits per heavy atom. The molecule has 1 atom stereocenters. The molecule has 23 heavy (non-hydrogen) atoms. The van der Waals surface area contributed by atoms with Gasteiger partial charge in [0.25, 0.3) is 0 Å². The highest BCUT2D eigenvalue weighted by molar-refractivity contribution is 5.74. The van der Waals surface area contributed by atoms with Gasteiger partial charge in [-0.15, -0.1) is 0 Å². The van der Waals surface area contributed by atoms with Gasteiger partial charge in [0.2, 0.25) is 0 Å². The summed E-state index contributed by atoms with van der Waals surface area (Å²) in [6.07, 6.45) is 8.34. The molecule has 3 rings (SSSR count). The largest absolute Gasteiger partial charge is 0.754 e. The fourth-order valence-electron chi connectivity index (χ4n) is 2.63. The van der Waals surface area contributed by atoms with Crippen molar-refractivity contribution in [3.05, 3.63) is 88.6 Å². The number of aliphatic hydroxyl groups is 1. The number of rotatable bonds is 5. The lowest BCUT2D eigenvalue weighted by Gasteiger charge is -2.41. The third-order valence-corrected chi connectivity index (χ3v) is 3.94. The number of ether oxygens (including phenoxy) is 1. The van der Waals surface area contributed by atoms with Crippen LogP contribution in [0.25, 0.3) is 0 Å². The van der Waals surface area contributed by atoms with E-state index in [1.807, 2.05) is 30.3 Å². The maximum atomic E-state index is 12.2. The first-order valence-electron chi connectivity index (χ1n) is 7.23. The number of aliphatic hydroxyl groups excluding tert-OH is 1. The molecule has 1 aromatic rings. The lowest BCUT2D eigenvalue weighted by Crippen LogP contribution is -2.35. The van der Waals surface area contributed by atoms with Gasteiger partial charge in [-0.3, -0.25) is 0 Å². The van der Waals surface area contributed by atoms with Crippen molar-refractivity contribution in [1.82, 2.24) is 5.06 Å². The first kappa shape index (κ1) is 15.3. The van der Waals surface area contributed by atoms with Crippen LogP contribution in [0.4, 0.5) is 0 Å². The lowest BCUT2D eigenvalue weighted by molar-refractivity contribution is -0.114. The number of aldehydes is 1. The predicted molar refractivity (Wildman–Crippen MR) is 85.4 cm³/mol. The summed E-state index contributed by atoms with van der Waals surface area (Å²) in [6, 6.07) is 9.58. The van der Waals surface area contributed by atoms with E-state index in [2.05, 4.69) is 0 Å². The molecule has 1 N–H and O–H groups in total. The molecule has 1 aliphatic carbocycles. The number of hydrogen-bond acceptors (Lipinski definition) is 5. The predicted octanol–water partition coefficient (Wildman–Crippen LogP) is 2.42. The summed E-state index contributed by atoms with van der Waals surface area (Å²) < 4.78 is 5.77. The molecule has 0 bridgehead atoms. The zero-order chi connectivity index (χ0) is 16.3. The summed E-state index contributed by atoms with van der Waals surface area (Å²) in [5.74, 6) is 0.380. The molecule has 2 aliphatic rings. The van der Waals surface area contributed by atoms with Crippen LogP contribution < -0.4 is 0 Å². The van der Waals surface area contributed by atoms with Crippen molar-refractivity contribution >= 4 is 6.29 Å².